The van der Waals surface area contributed by atoms with Crippen molar-refractivity contribution in [1.82, 2.24) is 9.55 Å². The molecule has 3 aromatic rings. The zero-order valence-electron chi connectivity index (χ0n) is 15.4. The molecule has 3 heterocycles. The number of benzene rings is 2. The van der Waals surface area contributed by atoms with Crippen molar-refractivity contribution < 1.29 is 4.74 Å². The van der Waals surface area contributed by atoms with Crippen molar-refractivity contribution in [3.63, 3.8) is 0 Å². The van der Waals surface area contributed by atoms with E-state index in [1.54, 1.807) is 16.7 Å². The summed E-state index contributed by atoms with van der Waals surface area (Å²) in [6.07, 6.45) is 2.94. The van der Waals surface area contributed by atoms with Gasteiger partial charge in [-0.1, -0.05) is 23.7 Å². The SMILES string of the molecule is O=c1c2cc(Cl)ccc2nc2n1CC/C2=C\c1ccc(N2CCOCC2)cc1. The molecule has 0 atom stereocenters. The highest BCUT2D eigenvalue weighted by Crippen LogP contribution is 2.28. The van der Waals surface area contributed by atoms with Crippen molar-refractivity contribution in [1.29, 1.82) is 0 Å². The molecule has 1 saturated heterocycles. The number of hydrogen-bond donors (Lipinski definition) is 0. The average Bonchev–Trinajstić information content (AvgIpc) is 3.13. The highest BCUT2D eigenvalue weighted by molar-refractivity contribution is 6.31. The summed E-state index contributed by atoms with van der Waals surface area (Å²) in [6.45, 7) is 4.07. The van der Waals surface area contributed by atoms with Gasteiger partial charge < -0.3 is 9.64 Å². The highest BCUT2D eigenvalue weighted by Gasteiger charge is 2.21. The maximum Gasteiger partial charge on any atom is 0.261 e. The summed E-state index contributed by atoms with van der Waals surface area (Å²) in [5.41, 5.74) is 4.10. The zero-order chi connectivity index (χ0) is 19.1. The van der Waals surface area contributed by atoms with Crippen molar-refractivity contribution in [3.05, 3.63) is 69.2 Å². The quantitative estimate of drug-likeness (QED) is 0.663. The third kappa shape index (κ3) is 3.11. The van der Waals surface area contributed by atoms with E-state index in [-0.39, 0.29) is 5.56 Å². The summed E-state index contributed by atoms with van der Waals surface area (Å²) in [4.78, 5) is 19.9. The summed E-state index contributed by atoms with van der Waals surface area (Å²) >= 11 is 6.05. The number of halogens is 1. The minimum atomic E-state index is -0.0198. The number of allylic oxidation sites excluding steroid dienone is 1. The van der Waals surface area contributed by atoms with Crippen LogP contribution < -0.4 is 10.5 Å². The predicted molar refractivity (Wildman–Crippen MR) is 113 cm³/mol. The number of ether oxygens (including phenoxy) is 1. The number of nitrogens with zero attached hydrogens (tertiary/aromatic N) is 3. The van der Waals surface area contributed by atoms with Crippen LogP contribution in [0.15, 0.2) is 47.3 Å². The van der Waals surface area contributed by atoms with E-state index in [2.05, 4.69) is 35.2 Å². The van der Waals surface area contributed by atoms with Crippen LogP contribution in [0, 0.1) is 0 Å². The molecule has 0 bridgehead atoms. The Hall–Kier alpha value is -2.63. The number of anilines is 1. The molecule has 2 aromatic carbocycles. The van der Waals surface area contributed by atoms with E-state index in [1.807, 2.05) is 6.07 Å². The fourth-order valence-electron chi connectivity index (χ4n) is 3.93. The minimum Gasteiger partial charge on any atom is -0.378 e. The van der Waals surface area contributed by atoms with E-state index in [0.717, 1.165) is 49.7 Å². The first-order chi connectivity index (χ1) is 13.7. The van der Waals surface area contributed by atoms with Gasteiger partial charge in [0.2, 0.25) is 0 Å². The highest BCUT2D eigenvalue weighted by atomic mass is 35.5. The molecule has 142 valence electrons. The van der Waals surface area contributed by atoms with Gasteiger partial charge in [-0.25, -0.2) is 4.98 Å². The Kier molecular flexibility index (Phi) is 4.41. The molecule has 5 rings (SSSR count). The van der Waals surface area contributed by atoms with Crippen molar-refractivity contribution >= 4 is 39.8 Å². The standard InChI is InChI=1S/C22H20ClN3O2/c23-17-3-6-20-19(14-17)22(27)26-8-7-16(21(26)24-20)13-15-1-4-18(5-2-15)25-9-11-28-12-10-25/h1-6,13-14H,7-12H2/b16-13+. The minimum absolute atomic E-state index is 0.0198. The van der Waals surface area contributed by atoms with E-state index in [9.17, 15) is 4.79 Å². The summed E-state index contributed by atoms with van der Waals surface area (Å²) in [5.74, 6) is 0.761. The number of fused-ring (bicyclic) bond motifs is 2. The van der Waals surface area contributed by atoms with E-state index in [4.69, 9.17) is 21.3 Å². The Morgan fingerprint density at radius 1 is 1.04 bits per heavy atom. The molecule has 2 aliphatic rings. The average molecular weight is 394 g/mol. The molecular weight excluding hydrogens is 374 g/mol. The lowest BCUT2D eigenvalue weighted by atomic mass is 10.1. The summed E-state index contributed by atoms with van der Waals surface area (Å²) in [6, 6.07) is 13.8. The van der Waals surface area contributed by atoms with Crippen LogP contribution in [0.4, 0.5) is 5.69 Å². The summed E-state index contributed by atoms with van der Waals surface area (Å²) in [5, 5.41) is 1.13. The van der Waals surface area contributed by atoms with Crippen LogP contribution >= 0.6 is 11.6 Å². The van der Waals surface area contributed by atoms with Crippen LogP contribution in [0.25, 0.3) is 22.6 Å². The number of morpholine rings is 1. The number of rotatable bonds is 2. The molecule has 1 fully saturated rings. The molecule has 0 unspecified atom stereocenters. The molecule has 6 heteroatoms. The van der Waals surface area contributed by atoms with Gasteiger partial charge in [0.1, 0.15) is 5.82 Å². The van der Waals surface area contributed by atoms with Crippen molar-refractivity contribution in [2.45, 2.75) is 13.0 Å². The van der Waals surface area contributed by atoms with Crippen LogP contribution in [0.2, 0.25) is 5.02 Å². The van der Waals surface area contributed by atoms with Gasteiger partial charge in [0.25, 0.3) is 5.56 Å². The van der Waals surface area contributed by atoms with Gasteiger partial charge in [0.15, 0.2) is 0 Å². The fourth-order valence-corrected chi connectivity index (χ4v) is 4.10. The fraction of sp³-hybridized carbons (Fsp3) is 0.273. The number of aromatic nitrogens is 2. The first-order valence-electron chi connectivity index (χ1n) is 9.53. The molecule has 0 radical (unpaired) electrons. The van der Waals surface area contributed by atoms with Crippen LogP contribution in [0.1, 0.15) is 17.8 Å². The molecule has 0 spiro atoms. The summed E-state index contributed by atoms with van der Waals surface area (Å²) in [7, 11) is 0. The van der Waals surface area contributed by atoms with Crippen LogP contribution in [0.3, 0.4) is 0 Å². The topological polar surface area (TPSA) is 47.4 Å². The number of hydrogen-bond acceptors (Lipinski definition) is 4. The first-order valence-corrected chi connectivity index (χ1v) is 9.91. The lowest BCUT2D eigenvalue weighted by molar-refractivity contribution is 0.122. The lowest BCUT2D eigenvalue weighted by Crippen LogP contribution is -2.36. The second-order valence-corrected chi connectivity index (χ2v) is 7.60. The third-order valence-corrected chi connectivity index (χ3v) is 5.65. The second-order valence-electron chi connectivity index (χ2n) is 7.16. The van der Waals surface area contributed by atoms with E-state index >= 15 is 0 Å². The monoisotopic (exact) mass is 393 g/mol. The smallest absolute Gasteiger partial charge is 0.261 e. The van der Waals surface area contributed by atoms with Gasteiger partial charge in [-0.05, 0) is 54.0 Å². The molecule has 0 saturated carbocycles. The van der Waals surface area contributed by atoms with Crippen LogP contribution in [-0.4, -0.2) is 35.9 Å². The van der Waals surface area contributed by atoms with E-state index in [1.165, 1.54) is 5.69 Å². The molecule has 5 nitrogen and oxygen atoms in total. The van der Waals surface area contributed by atoms with E-state index in [0.29, 0.717) is 22.5 Å². The summed E-state index contributed by atoms with van der Waals surface area (Å²) < 4.78 is 7.18. The molecule has 1 aromatic heterocycles. The van der Waals surface area contributed by atoms with Gasteiger partial charge in [-0.2, -0.15) is 0 Å². The van der Waals surface area contributed by atoms with Crippen molar-refractivity contribution in [3.8, 4) is 0 Å². The largest absolute Gasteiger partial charge is 0.378 e. The van der Waals surface area contributed by atoms with E-state index < -0.39 is 0 Å². The normalized spacial score (nSPS) is 18.0. The Bertz CT molecular complexity index is 1130. The second kappa shape index (κ2) is 7.08. The van der Waals surface area contributed by atoms with Crippen molar-refractivity contribution in [2.75, 3.05) is 31.2 Å². The lowest BCUT2D eigenvalue weighted by Gasteiger charge is -2.28. The molecular formula is C22H20ClN3O2. The van der Waals surface area contributed by atoms with Gasteiger partial charge in [0, 0.05) is 30.3 Å². The van der Waals surface area contributed by atoms with Crippen molar-refractivity contribution in [2.24, 2.45) is 0 Å². The first kappa shape index (κ1) is 17.5. The Morgan fingerprint density at radius 2 is 1.82 bits per heavy atom. The third-order valence-electron chi connectivity index (χ3n) is 5.42. The molecule has 0 amide bonds. The van der Waals surface area contributed by atoms with Gasteiger partial charge >= 0.3 is 0 Å². The predicted octanol–water partition coefficient (Wildman–Crippen LogP) is 3.83. The van der Waals surface area contributed by atoms with Gasteiger partial charge in [-0.15, -0.1) is 0 Å². The van der Waals surface area contributed by atoms with Gasteiger partial charge in [0.05, 0.1) is 24.1 Å². The molecule has 0 aliphatic carbocycles. The molecule has 2 aliphatic heterocycles. The maximum absolute atomic E-state index is 12.8. The Balaban J connectivity index is 1.48. The molecule has 0 N–H and O–H groups in total. The Morgan fingerprint density at radius 3 is 2.61 bits per heavy atom. The molecule has 28 heavy (non-hydrogen) atoms. The van der Waals surface area contributed by atoms with Gasteiger partial charge in [-0.3, -0.25) is 9.36 Å². The van der Waals surface area contributed by atoms with Crippen LogP contribution in [0.5, 0.6) is 0 Å². The maximum atomic E-state index is 12.8. The Labute approximate surface area is 167 Å². The van der Waals surface area contributed by atoms with Crippen LogP contribution in [-0.2, 0) is 11.3 Å². The zero-order valence-corrected chi connectivity index (χ0v) is 16.2.